The Morgan fingerprint density at radius 2 is 1.73 bits per heavy atom. The maximum Gasteiger partial charge on any atom is 0.263 e. The highest BCUT2D eigenvalue weighted by Gasteiger charge is 2.23. The normalized spacial score (nSPS) is 14.8. The number of nitrogens with zero attached hydrogens (tertiary/aromatic N) is 2. The lowest BCUT2D eigenvalue weighted by molar-refractivity contribution is 0.726. The fourth-order valence-electron chi connectivity index (χ4n) is 3.54. The van der Waals surface area contributed by atoms with E-state index in [0.29, 0.717) is 6.54 Å². The van der Waals surface area contributed by atoms with Crippen LogP contribution in [0.5, 0.6) is 0 Å². The molecule has 5 rings (SSSR count). The SMILES string of the molecule is O=c1c2c(-c3ccccc3)csc2nc2n1CC/C2=C\c1ccccc1. The zero-order valence-corrected chi connectivity index (χ0v) is 14.9. The monoisotopic (exact) mass is 356 g/mol. The van der Waals surface area contributed by atoms with Crippen molar-refractivity contribution in [2.24, 2.45) is 0 Å². The Morgan fingerprint density at radius 1 is 1.00 bits per heavy atom. The van der Waals surface area contributed by atoms with E-state index in [2.05, 4.69) is 18.2 Å². The molecule has 0 atom stereocenters. The molecule has 0 spiro atoms. The van der Waals surface area contributed by atoms with Crippen molar-refractivity contribution in [2.75, 3.05) is 0 Å². The Balaban J connectivity index is 1.69. The quantitative estimate of drug-likeness (QED) is 0.503. The standard InChI is InChI=1S/C22H16N2OS/c25-22-19-18(16-9-5-2-6-10-16)14-26-21(19)23-20-17(11-12-24(20)22)13-15-7-3-1-4-8-15/h1-10,13-14H,11-12H2/b17-13+. The molecule has 2 aromatic carbocycles. The summed E-state index contributed by atoms with van der Waals surface area (Å²) in [5, 5.41) is 2.79. The molecule has 4 aromatic rings. The van der Waals surface area contributed by atoms with E-state index in [9.17, 15) is 4.79 Å². The lowest BCUT2D eigenvalue weighted by atomic mass is 10.1. The summed E-state index contributed by atoms with van der Waals surface area (Å²) >= 11 is 1.55. The Hall–Kier alpha value is -2.98. The van der Waals surface area contributed by atoms with Crippen LogP contribution in [0.15, 0.2) is 70.8 Å². The predicted molar refractivity (Wildman–Crippen MR) is 108 cm³/mol. The van der Waals surface area contributed by atoms with E-state index in [1.807, 2.05) is 58.5 Å². The Labute approximate surface area is 154 Å². The minimum Gasteiger partial charge on any atom is -0.292 e. The van der Waals surface area contributed by atoms with E-state index < -0.39 is 0 Å². The molecule has 2 aromatic heterocycles. The van der Waals surface area contributed by atoms with E-state index in [1.54, 1.807) is 11.3 Å². The second-order valence-electron chi connectivity index (χ2n) is 6.42. The molecule has 0 N–H and O–H groups in total. The molecule has 0 unspecified atom stereocenters. The van der Waals surface area contributed by atoms with Crippen molar-refractivity contribution in [3.63, 3.8) is 0 Å². The van der Waals surface area contributed by atoms with Gasteiger partial charge in [-0.2, -0.15) is 0 Å². The fourth-order valence-corrected chi connectivity index (χ4v) is 4.48. The summed E-state index contributed by atoms with van der Waals surface area (Å²) in [5.74, 6) is 0.813. The van der Waals surface area contributed by atoms with Gasteiger partial charge in [0, 0.05) is 17.5 Å². The number of hydrogen-bond donors (Lipinski definition) is 0. The van der Waals surface area contributed by atoms with Gasteiger partial charge in [-0.25, -0.2) is 4.98 Å². The van der Waals surface area contributed by atoms with Crippen molar-refractivity contribution < 1.29 is 0 Å². The van der Waals surface area contributed by atoms with E-state index >= 15 is 0 Å². The van der Waals surface area contributed by atoms with Crippen LogP contribution in [0.25, 0.3) is 33.0 Å². The highest BCUT2D eigenvalue weighted by Crippen LogP contribution is 2.34. The number of fused-ring (bicyclic) bond motifs is 2. The van der Waals surface area contributed by atoms with Crippen molar-refractivity contribution in [1.29, 1.82) is 0 Å². The molecule has 0 radical (unpaired) electrons. The average Bonchev–Trinajstić information content (AvgIpc) is 3.29. The molecule has 1 aliphatic rings. The van der Waals surface area contributed by atoms with E-state index in [-0.39, 0.29) is 5.56 Å². The summed E-state index contributed by atoms with van der Waals surface area (Å²) < 4.78 is 1.83. The van der Waals surface area contributed by atoms with Gasteiger partial charge < -0.3 is 0 Å². The van der Waals surface area contributed by atoms with Crippen molar-refractivity contribution in [1.82, 2.24) is 9.55 Å². The number of allylic oxidation sites excluding steroid dienone is 1. The molecule has 0 saturated carbocycles. The van der Waals surface area contributed by atoms with Gasteiger partial charge in [-0.3, -0.25) is 9.36 Å². The van der Waals surface area contributed by atoms with Crippen LogP contribution in [-0.4, -0.2) is 9.55 Å². The van der Waals surface area contributed by atoms with E-state index in [4.69, 9.17) is 4.98 Å². The molecule has 0 amide bonds. The van der Waals surface area contributed by atoms with Crippen molar-refractivity contribution in [3.8, 4) is 11.1 Å². The van der Waals surface area contributed by atoms with E-state index in [1.165, 1.54) is 0 Å². The van der Waals surface area contributed by atoms with Gasteiger partial charge in [0.25, 0.3) is 5.56 Å². The van der Waals surface area contributed by atoms with Gasteiger partial charge in [0.05, 0.1) is 5.39 Å². The van der Waals surface area contributed by atoms with Crippen LogP contribution >= 0.6 is 11.3 Å². The Morgan fingerprint density at radius 3 is 2.50 bits per heavy atom. The maximum atomic E-state index is 13.2. The predicted octanol–water partition coefficient (Wildman–Crippen LogP) is 5.07. The number of aromatic nitrogens is 2. The first kappa shape index (κ1) is 15.3. The van der Waals surface area contributed by atoms with Crippen LogP contribution < -0.4 is 5.56 Å². The average molecular weight is 356 g/mol. The second kappa shape index (κ2) is 6.07. The minimum absolute atomic E-state index is 0.0709. The molecule has 0 aliphatic carbocycles. The zero-order chi connectivity index (χ0) is 17.5. The first-order valence-electron chi connectivity index (χ1n) is 8.65. The largest absolute Gasteiger partial charge is 0.292 e. The molecule has 1 aliphatic heterocycles. The summed E-state index contributed by atoms with van der Waals surface area (Å²) in [5.41, 5.74) is 4.39. The minimum atomic E-state index is 0.0709. The number of benzene rings is 2. The molecule has 26 heavy (non-hydrogen) atoms. The molecule has 3 nitrogen and oxygen atoms in total. The van der Waals surface area contributed by atoms with Gasteiger partial charge in [-0.1, -0.05) is 60.7 Å². The summed E-state index contributed by atoms with van der Waals surface area (Å²) in [6.07, 6.45) is 2.98. The topological polar surface area (TPSA) is 34.9 Å². The van der Waals surface area contributed by atoms with Crippen LogP contribution in [0, 0.1) is 0 Å². The molecule has 126 valence electrons. The van der Waals surface area contributed by atoms with Gasteiger partial charge in [0.1, 0.15) is 10.7 Å². The Bertz CT molecular complexity index is 1190. The number of thiophene rings is 1. The highest BCUT2D eigenvalue weighted by molar-refractivity contribution is 7.17. The summed E-state index contributed by atoms with van der Waals surface area (Å²) in [4.78, 5) is 18.8. The van der Waals surface area contributed by atoms with Crippen LogP contribution in [-0.2, 0) is 6.54 Å². The molecule has 3 heterocycles. The van der Waals surface area contributed by atoms with Crippen LogP contribution in [0.3, 0.4) is 0 Å². The van der Waals surface area contributed by atoms with Gasteiger partial charge >= 0.3 is 0 Å². The third-order valence-corrected chi connectivity index (χ3v) is 5.68. The molecule has 4 heteroatoms. The third kappa shape index (κ3) is 2.42. The van der Waals surface area contributed by atoms with Gasteiger partial charge in [0.15, 0.2) is 0 Å². The Kier molecular flexibility index (Phi) is 3.57. The van der Waals surface area contributed by atoms with Crippen molar-refractivity contribution >= 4 is 33.2 Å². The lowest BCUT2D eigenvalue weighted by Crippen LogP contribution is -2.20. The molecule has 0 bridgehead atoms. The summed E-state index contributed by atoms with van der Waals surface area (Å²) in [6, 6.07) is 20.3. The molecule has 0 fully saturated rings. The maximum absolute atomic E-state index is 13.2. The number of rotatable bonds is 2. The molecule has 0 saturated heterocycles. The first-order valence-corrected chi connectivity index (χ1v) is 9.53. The summed E-state index contributed by atoms with van der Waals surface area (Å²) in [7, 11) is 0. The van der Waals surface area contributed by atoms with Crippen LogP contribution in [0.2, 0.25) is 0 Å². The van der Waals surface area contributed by atoms with Gasteiger partial charge in [0.2, 0.25) is 0 Å². The van der Waals surface area contributed by atoms with Crippen molar-refractivity contribution in [2.45, 2.75) is 13.0 Å². The van der Waals surface area contributed by atoms with Crippen LogP contribution in [0.4, 0.5) is 0 Å². The van der Waals surface area contributed by atoms with Gasteiger partial charge in [-0.05, 0) is 29.2 Å². The molecular weight excluding hydrogens is 340 g/mol. The van der Waals surface area contributed by atoms with Crippen LogP contribution in [0.1, 0.15) is 17.8 Å². The van der Waals surface area contributed by atoms with Crippen molar-refractivity contribution in [3.05, 3.63) is 87.8 Å². The highest BCUT2D eigenvalue weighted by atomic mass is 32.1. The first-order chi connectivity index (χ1) is 12.8. The van der Waals surface area contributed by atoms with Gasteiger partial charge in [-0.15, -0.1) is 11.3 Å². The smallest absolute Gasteiger partial charge is 0.263 e. The number of hydrogen-bond acceptors (Lipinski definition) is 3. The fraction of sp³-hybridized carbons (Fsp3) is 0.0909. The third-order valence-electron chi connectivity index (χ3n) is 4.81. The van der Waals surface area contributed by atoms with E-state index in [0.717, 1.165) is 44.7 Å². The second-order valence-corrected chi connectivity index (χ2v) is 7.28. The lowest BCUT2D eigenvalue weighted by Gasteiger charge is -2.05. The zero-order valence-electron chi connectivity index (χ0n) is 14.1. The molecular formula is C22H16N2OS. The summed E-state index contributed by atoms with van der Waals surface area (Å²) in [6.45, 7) is 0.694.